The van der Waals surface area contributed by atoms with Gasteiger partial charge < -0.3 is 9.47 Å². The van der Waals surface area contributed by atoms with Crippen LogP contribution in [0.2, 0.25) is 0 Å². The molecule has 3 heteroatoms. The van der Waals surface area contributed by atoms with E-state index in [0.717, 1.165) is 12.8 Å². The normalized spacial score (nSPS) is 12.5. The van der Waals surface area contributed by atoms with Crippen LogP contribution in [0.4, 0.5) is 0 Å². The Labute approximate surface area is 80.4 Å². The van der Waals surface area contributed by atoms with Gasteiger partial charge in [0.05, 0.1) is 6.61 Å². The Morgan fingerprint density at radius 2 is 2.00 bits per heavy atom. The molecule has 0 aromatic heterocycles. The highest BCUT2D eigenvalue weighted by atomic mass is 16.6. The van der Waals surface area contributed by atoms with Gasteiger partial charge in [-0.3, -0.25) is 0 Å². The summed E-state index contributed by atoms with van der Waals surface area (Å²) in [5, 5.41) is 0. The summed E-state index contributed by atoms with van der Waals surface area (Å²) >= 11 is 0. The van der Waals surface area contributed by atoms with Crippen LogP contribution >= 0.6 is 0 Å². The minimum Gasteiger partial charge on any atom is -0.464 e. The first-order valence-electron chi connectivity index (χ1n) is 5.04. The SMILES string of the molecule is CCCCOC(CC)C(=O)OCC. The van der Waals surface area contributed by atoms with Crippen LogP contribution in [0.1, 0.15) is 40.0 Å². The molecule has 0 bridgehead atoms. The Morgan fingerprint density at radius 1 is 1.31 bits per heavy atom. The number of hydrogen-bond acceptors (Lipinski definition) is 3. The molecule has 0 amide bonds. The fraction of sp³-hybridized carbons (Fsp3) is 0.900. The fourth-order valence-corrected chi connectivity index (χ4v) is 0.958. The van der Waals surface area contributed by atoms with Gasteiger partial charge >= 0.3 is 5.97 Å². The van der Waals surface area contributed by atoms with Crippen LogP contribution in [-0.4, -0.2) is 25.3 Å². The van der Waals surface area contributed by atoms with Gasteiger partial charge in [0.25, 0.3) is 0 Å². The predicted octanol–water partition coefficient (Wildman–Crippen LogP) is 2.14. The lowest BCUT2D eigenvalue weighted by Gasteiger charge is -2.13. The summed E-state index contributed by atoms with van der Waals surface area (Å²) in [6.07, 6.45) is 2.39. The minimum atomic E-state index is -0.369. The van der Waals surface area contributed by atoms with Crippen LogP contribution in [0.5, 0.6) is 0 Å². The van der Waals surface area contributed by atoms with E-state index in [2.05, 4.69) is 6.92 Å². The first kappa shape index (κ1) is 12.4. The lowest BCUT2D eigenvalue weighted by atomic mass is 10.3. The second-order valence-electron chi connectivity index (χ2n) is 2.87. The smallest absolute Gasteiger partial charge is 0.335 e. The van der Waals surface area contributed by atoms with E-state index in [4.69, 9.17) is 9.47 Å². The molecule has 0 aliphatic carbocycles. The van der Waals surface area contributed by atoms with Crippen molar-refractivity contribution < 1.29 is 14.3 Å². The maximum atomic E-state index is 11.2. The summed E-state index contributed by atoms with van der Waals surface area (Å²) in [5.41, 5.74) is 0. The van der Waals surface area contributed by atoms with Crippen LogP contribution in [0.3, 0.4) is 0 Å². The van der Waals surface area contributed by atoms with Crippen molar-refractivity contribution in [3.63, 3.8) is 0 Å². The van der Waals surface area contributed by atoms with Gasteiger partial charge in [-0.2, -0.15) is 0 Å². The monoisotopic (exact) mass is 188 g/mol. The highest BCUT2D eigenvalue weighted by Crippen LogP contribution is 2.02. The van der Waals surface area contributed by atoms with Gasteiger partial charge in [-0.05, 0) is 19.8 Å². The maximum absolute atomic E-state index is 11.2. The van der Waals surface area contributed by atoms with Crippen molar-refractivity contribution in [2.45, 2.75) is 46.1 Å². The molecular weight excluding hydrogens is 168 g/mol. The first-order valence-corrected chi connectivity index (χ1v) is 5.04. The van der Waals surface area contributed by atoms with Crippen molar-refractivity contribution >= 4 is 5.97 Å². The zero-order valence-electron chi connectivity index (χ0n) is 8.84. The standard InChI is InChI=1S/C10H20O3/c1-4-7-8-13-9(5-2)10(11)12-6-3/h9H,4-8H2,1-3H3. The Balaban J connectivity index is 3.67. The van der Waals surface area contributed by atoms with Gasteiger partial charge in [0, 0.05) is 6.61 Å². The summed E-state index contributed by atoms with van der Waals surface area (Å²) in [6, 6.07) is 0. The summed E-state index contributed by atoms with van der Waals surface area (Å²) in [7, 11) is 0. The number of ether oxygens (including phenoxy) is 2. The number of carbonyl (C=O) groups excluding carboxylic acids is 1. The molecule has 0 aromatic rings. The van der Waals surface area contributed by atoms with Gasteiger partial charge in [-0.15, -0.1) is 0 Å². The number of esters is 1. The van der Waals surface area contributed by atoms with E-state index in [0.29, 0.717) is 19.6 Å². The lowest BCUT2D eigenvalue weighted by molar-refractivity contribution is -0.157. The zero-order chi connectivity index (χ0) is 10.1. The van der Waals surface area contributed by atoms with Crippen LogP contribution in [0.15, 0.2) is 0 Å². The van der Waals surface area contributed by atoms with Crippen molar-refractivity contribution in [2.24, 2.45) is 0 Å². The third-order valence-electron chi connectivity index (χ3n) is 1.74. The van der Waals surface area contributed by atoms with E-state index in [1.807, 2.05) is 6.92 Å². The van der Waals surface area contributed by atoms with Crippen LogP contribution < -0.4 is 0 Å². The van der Waals surface area contributed by atoms with Crippen molar-refractivity contribution in [1.82, 2.24) is 0 Å². The molecular formula is C10H20O3. The topological polar surface area (TPSA) is 35.5 Å². The zero-order valence-corrected chi connectivity index (χ0v) is 8.84. The van der Waals surface area contributed by atoms with E-state index >= 15 is 0 Å². The molecule has 78 valence electrons. The molecule has 0 saturated heterocycles. The minimum absolute atomic E-state index is 0.235. The molecule has 1 unspecified atom stereocenters. The number of hydrogen-bond donors (Lipinski definition) is 0. The van der Waals surface area contributed by atoms with E-state index in [1.54, 1.807) is 6.92 Å². The molecule has 1 atom stereocenters. The average molecular weight is 188 g/mol. The molecule has 0 rings (SSSR count). The molecule has 3 nitrogen and oxygen atoms in total. The summed E-state index contributed by atoms with van der Waals surface area (Å²) in [4.78, 5) is 11.2. The summed E-state index contributed by atoms with van der Waals surface area (Å²) < 4.78 is 10.2. The molecule has 0 spiro atoms. The highest BCUT2D eigenvalue weighted by Gasteiger charge is 2.17. The first-order chi connectivity index (χ1) is 6.26. The predicted molar refractivity (Wildman–Crippen MR) is 51.6 cm³/mol. The van der Waals surface area contributed by atoms with Crippen LogP contribution in [0.25, 0.3) is 0 Å². The molecule has 0 aromatic carbocycles. The van der Waals surface area contributed by atoms with Gasteiger partial charge in [0.2, 0.25) is 0 Å². The number of carbonyl (C=O) groups is 1. The third-order valence-corrected chi connectivity index (χ3v) is 1.74. The van der Waals surface area contributed by atoms with Crippen molar-refractivity contribution in [3.05, 3.63) is 0 Å². The van der Waals surface area contributed by atoms with Gasteiger partial charge in [-0.1, -0.05) is 20.3 Å². The Kier molecular flexibility index (Phi) is 7.69. The largest absolute Gasteiger partial charge is 0.464 e. The fourth-order valence-electron chi connectivity index (χ4n) is 0.958. The molecule has 13 heavy (non-hydrogen) atoms. The Hall–Kier alpha value is -0.570. The van der Waals surface area contributed by atoms with E-state index in [1.165, 1.54) is 0 Å². The second-order valence-corrected chi connectivity index (χ2v) is 2.87. The summed E-state index contributed by atoms with van der Waals surface area (Å²) in [6.45, 7) is 6.89. The third kappa shape index (κ3) is 5.64. The Bertz CT molecular complexity index is 134. The molecule has 0 saturated carbocycles. The molecule has 0 heterocycles. The Morgan fingerprint density at radius 3 is 2.46 bits per heavy atom. The van der Waals surface area contributed by atoms with E-state index in [9.17, 15) is 4.79 Å². The number of rotatable bonds is 7. The molecule has 0 aliphatic heterocycles. The quantitative estimate of drug-likeness (QED) is 0.453. The van der Waals surface area contributed by atoms with Crippen molar-refractivity contribution in [3.8, 4) is 0 Å². The van der Waals surface area contributed by atoms with Crippen LogP contribution in [-0.2, 0) is 14.3 Å². The average Bonchev–Trinajstić information content (AvgIpc) is 2.13. The van der Waals surface area contributed by atoms with E-state index < -0.39 is 0 Å². The van der Waals surface area contributed by atoms with Crippen LogP contribution in [0, 0.1) is 0 Å². The van der Waals surface area contributed by atoms with E-state index in [-0.39, 0.29) is 12.1 Å². The maximum Gasteiger partial charge on any atom is 0.335 e. The van der Waals surface area contributed by atoms with Gasteiger partial charge in [-0.25, -0.2) is 4.79 Å². The highest BCUT2D eigenvalue weighted by molar-refractivity contribution is 5.74. The summed E-state index contributed by atoms with van der Waals surface area (Å²) in [5.74, 6) is -0.235. The van der Waals surface area contributed by atoms with Crippen molar-refractivity contribution in [1.29, 1.82) is 0 Å². The van der Waals surface area contributed by atoms with Gasteiger partial charge in [0.15, 0.2) is 6.10 Å². The molecule has 0 aliphatic rings. The molecule has 0 fully saturated rings. The molecule has 0 N–H and O–H groups in total. The number of unbranched alkanes of at least 4 members (excludes halogenated alkanes) is 1. The van der Waals surface area contributed by atoms with Gasteiger partial charge in [0.1, 0.15) is 0 Å². The lowest BCUT2D eigenvalue weighted by Crippen LogP contribution is -2.26. The second kappa shape index (κ2) is 8.05. The molecule has 0 radical (unpaired) electrons. The van der Waals surface area contributed by atoms with Crippen molar-refractivity contribution in [2.75, 3.05) is 13.2 Å².